The molecular formula is C40H83O2P. The Balaban J connectivity index is 5.92. The molecule has 0 aliphatic heterocycles. The average molecular weight is 627 g/mol. The van der Waals surface area contributed by atoms with Gasteiger partial charge in [0.15, 0.2) is 0 Å². The van der Waals surface area contributed by atoms with E-state index in [1.165, 1.54) is 154 Å². The quantitative estimate of drug-likeness (QED) is 0.0517. The molecule has 0 spiro atoms. The zero-order valence-corrected chi connectivity index (χ0v) is 31.9. The Hall–Kier alpha value is 0.190. The molecule has 0 aliphatic carbocycles. The zero-order chi connectivity index (χ0) is 31.9. The van der Waals surface area contributed by atoms with Crippen LogP contribution in [0.3, 0.4) is 0 Å². The fraction of sp³-hybridized carbons (Fsp3) is 1.00. The molecule has 1 unspecified atom stereocenters. The van der Waals surface area contributed by atoms with Crippen LogP contribution in [0.5, 0.6) is 0 Å². The van der Waals surface area contributed by atoms with E-state index in [9.17, 15) is 4.57 Å². The van der Waals surface area contributed by atoms with Crippen molar-refractivity contribution in [3.8, 4) is 0 Å². The highest BCUT2D eigenvalue weighted by Gasteiger charge is 2.43. The molecule has 2 nitrogen and oxygen atoms in total. The van der Waals surface area contributed by atoms with Gasteiger partial charge in [-0.05, 0) is 44.4 Å². The first-order chi connectivity index (χ1) is 21.0. The van der Waals surface area contributed by atoms with Crippen LogP contribution in [0.15, 0.2) is 0 Å². The fourth-order valence-electron chi connectivity index (χ4n) is 7.10. The third-order valence-electron chi connectivity index (χ3n) is 10.0. The minimum Gasteiger partial charge on any atom is -0.321 e. The van der Waals surface area contributed by atoms with E-state index in [-0.39, 0.29) is 5.60 Å². The highest BCUT2D eigenvalue weighted by molar-refractivity contribution is 7.59. The van der Waals surface area contributed by atoms with Crippen molar-refractivity contribution in [1.82, 2.24) is 0 Å². The van der Waals surface area contributed by atoms with E-state index in [1.54, 1.807) is 0 Å². The van der Waals surface area contributed by atoms with Gasteiger partial charge in [0.1, 0.15) is 0 Å². The molecule has 0 aromatic heterocycles. The van der Waals surface area contributed by atoms with Crippen LogP contribution in [-0.4, -0.2) is 17.9 Å². The largest absolute Gasteiger partial charge is 0.321 e. The van der Waals surface area contributed by atoms with Crippen LogP contribution >= 0.6 is 7.37 Å². The highest BCUT2D eigenvalue weighted by atomic mass is 31.2. The zero-order valence-electron chi connectivity index (χ0n) is 31.0. The van der Waals surface area contributed by atoms with Crippen LogP contribution in [-0.2, 0) is 9.09 Å². The van der Waals surface area contributed by atoms with Crippen LogP contribution in [0, 0.1) is 5.92 Å². The lowest BCUT2D eigenvalue weighted by atomic mass is 9.74. The Bertz CT molecular complexity index is 579. The van der Waals surface area contributed by atoms with Gasteiger partial charge in [-0.25, -0.2) is 0 Å². The van der Waals surface area contributed by atoms with Crippen LogP contribution in [0.1, 0.15) is 234 Å². The van der Waals surface area contributed by atoms with Gasteiger partial charge < -0.3 is 4.52 Å². The molecule has 0 radical (unpaired) electrons. The van der Waals surface area contributed by atoms with E-state index in [0.29, 0.717) is 5.92 Å². The molecule has 0 heterocycles. The lowest BCUT2D eigenvalue weighted by Gasteiger charge is -2.44. The summed E-state index contributed by atoms with van der Waals surface area (Å²) in [5.74, 6) is 0.568. The molecule has 0 aliphatic rings. The van der Waals surface area contributed by atoms with Crippen molar-refractivity contribution in [2.24, 2.45) is 5.92 Å². The molecule has 0 bridgehead atoms. The van der Waals surface area contributed by atoms with Crippen LogP contribution in [0.25, 0.3) is 0 Å². The summed E-state index contributed by atoms with van der Waals surface area (Å²) in [5.41, 5.74) is -0.177. The molecule has 0 amide bonds. The predicted octanol–water partition coefficient (Wildman–Crippen LogP) is 15.5. The molecule has 0 aromatic carbocycles. The number of hydrogen-bond donors (Lipinski definition) is 0. The Morgan fingerprint density at radius 3 is 1.09 bits per heavy atom. The SMILES string of the molecule is CCCCCCCCCCCCC(CCCCCC)C(CCCCCC)(CCCCCC)OP(=O)(CCCC)CCCC. The van der Waals surface area contributed by atoms with Gasteiger partial charge in [0, 0.05) is 12.3 Å². The molecule has 43 heavy (non-hydrogen) atoms. The van der Waals surface area contributed by atoms with E-state index in [1.807, 2.05) is 0 Å². The second-order valence-electron chi connectivity index (χ2n) is 14.3. The van der Waals surface area contributed by atoms with Gasteiger partial charge in [-0.3, -0.25) is 4.57 Å². The lowest BCUT2D eigenvalue weighted by molar-refractivity contribution is -0.0196. The summed E-state index contributed by atoms with van der Waals surface area (Å²) >= 11 is 0. The maximum atomic E-state index is 14.7. The first-order valence-corrected chi connectivity index (χ1v) is 22.3. The van der Waals surface area contributed by atoms with Crippen molar-refractivity contribution in [2.75, 3.05) is 12.3 Å². The minimum absolute atomic E-state index is 0.177. The molecule has 260 valence electrons. The monoisotopic (exact) mass is 627 g/mol. The maximum absolute atomic E-state index is 14.7. The molecule has 1 atom stereocenters. The van der Waals surface area contributed by atoms with Crippen molar-refractivity contribution in [1.29, 1.82) is 0 Å². The molecule has 0 N–H and O–H groups in total. The molecule has 0 saturated heterocycles. The normalized spacial score (nSPS) is 13.2. The van der Waals surface area contributed by atoms with Crippen molar-refractivity contribution in [3.63, 3.8) is 0 Å². The van der Waals surface area contributed by atoms with Crippen LogP contribution < -0.4 is 0 Å². The third kappa shape index (κ3) is 23.2. The van der Waals surface area contributed by atoms with Gasteiger partial charge in [-0.15, -0.1) is 0 Å². The summed E-state index contributed by atoms with van der Waals surface area (Å²) in [4.78, 5) is 0. The molecule has 0 rings (SSSR count). The average Bonchev–Trinajstić information content (AvgIpc) is 3.01. The van der Waals surface area contributed by atoms with Gasteiger partial charge in [-0.1, -0.05) is 196 Å². The van der Waals surface area contributed by atoms with Crippen molar-refractivity contribution in [2.45, 2.75) is 240 Å². The minimum atomic E-state index is -2.65. The summed E-state index contributed by atoms with van der Waals surface area (Å²) in [7, 11) is -2.65. The number of rotatable bonds is 35. The smallest absolute Gasteiger partial charge is 0.203 e. The second-order valence-corrected chi connectivity index (χ2v) is 17.0. The van der Waals surface area contributed by atoms with Gasteiger partial charge in [0.2, 0.25) is 7.37 Å². The van der Waals surface area contributed by atoms with E-state index in [4.69, 9.17) is 4.52 Å². The second kappa shape index (κ2) is 30.8. The summed E-state index contributed by atoms with van der Waals surface area (Å²) in [6, 6.07) is 0. The Morgan fingerprint density at radius 1 is 0.419 bits per heavy atom. The Kier molecular flexibility index (Phi) is 31.0. The molecule has 3 heteroatoms. The first-order valence-electron chi connectivity index (χ1n) is 20.3. The molecule has 0 saturated carbocycles. The fourth-order valence-corrected chi connectivity index (χ4v) is 10.1. The standard InChI is InChI=1S/C40H83O2P/c1-7-13-19-23-24-25-26-27-28-30-34-39(33-29-20-14-8-2)40(35-31-21-15-9-3,36-32-22-16-10-4)42-43(41,37-17-11-5)38-18-12-6/h39H,7-38H2,1-6H3. The van der Waals surface area contributed by atoms with Crippen molar-refractivity contribution < 1.29 is 9.09 Å². The van der Waals surface area contributed by atoms with Gasteiger partial charge >= 0.3 is 0 Å². The molecule has 0 aromatic rings. The first kappa shape index (κ1) is 43.2. The third-order valence-corrected chi connectivity index (χ3v) is 12.7. The molecule has 0 fully saturated rings. The van der Waals surface area contributed by atoms with E-state index < -0.39 is 7.37 Å². The summed E-state index contributed by atoms with van der Waals surface area (Å²) < 4.78 is 22.1. The van der Waals surface area contributed by atoms with Gasteiger partial charge in [0.05, 0.1) is 5.60 Å². The van der Waals surface area contributed by atoms with Crippen molar-refractivity contribution in [3.05, 3.63) is 0 Å². The summed E-state index contributed by atoms with van der Waals surface area (Å²) in [6.07, 6.45) is 40.3. The van der Waals surface area contributed by atoms with Crippen LogP contribution in [0.4, 0.5) is 0 Å². The van der Waals surface area contributed by atoms with E-state index in [2.05, 4.69) is 41.5 Å². The molecular weight excluding hydrogens is 543 g/mol. The maximum Gasteiger partial charge on any atom is 0.203 e. The number of hydrogen-bond acceptors (Lipinski definition) is 2. The predicted molar refractivity (Wildman–Crippen MR) is 197 cm³/mol. The summed E-state index contributed by atoms with van der Waals surface area (Å²) in [5, 5.41) is 0. The Labute approximate surface area is 273 Å². The van der Waals surface area contributed by atoms with Gasteiger partial charge in [0.25, 0.3) is 0 Å². The summed E-state index contributed by atoms with van der Waals surface area (Å²) in [6.45, 7) is 13.8. The Morgan fingerprint density at radius 2 is 0.721 bits per heavy atom. The highest BCUT2D eigenvalue weighted by Crippen LogP contribution is 2.57. The van der Waals surface area contributed by atoms with Crippen molar-refractivity contribution >= 4 is 7.37 Å². The lowest BCUT2D eigenvalue weighted by Crippen LogP contribution is -2.41. The van der Waals surface area contributed by atoms with E-state index >= 15 is 0 Å². The van der Waals surface area contributed by atoms with Crippen LogP contribution in [0.2, 0.25) is 0 Å². The topological polar surface area (TPSA) is 26.3 Å². The van der Waals surface area contributed by atoms with Gasteiger partial charge in [-0.2, -0.15) is 0 Å². The van der Waals surface area contributed by atoms with E-state index in [0.717, 1.165) is 50.8 Å². The number of unbranched alkanes of at least 4 members (excludes halogenated alkanes) is 20.